The smallest absolute Gasteiger partial charge is 0.326 e. The molecule has 0 saturated carbocycles. The summed E-state index contributed by atoms with van der Waals surface area (Å²) in [5, 5.41) is 19.6. The van der Waals surface area contributed by atoms with Gasteiger partial charge in [0.25, 0.3) is 0 Å². The van der Waals surface area contributed by atoms with Gasteiger partial charge >= 0.3 is 11.9 Å². The van der Waals surface area contributed by atoms with Crippen LogP contribution in [0.4, 0.5) is 0 Å². The predicted molar refractivity (Wildman–Crippen MR) is 63.9 cm³/mol. The Balaban J connectivity index is 4.27. The summed E-state index contributed by atoms with van der Waals surface area (Å²) in [6, 6.07) is -1.16. The van der Waals surface area contributed by atoms with Crippen molar-refractivity contribution < 1.29 is 24.6 Å². The summed E-state index contributed by atoms with van der Waals surface area (Å²) in [7, 11) is 0. The van der Waals surface area contributed by atoms with Crippen LogP contribution in [0.5, 0.6) is 0 Å². The quantitative estimate of drug-likeness (QED) is 0.454. The molecule has 0 spiro atoms. The van der Waals surface area contributed by atoms with Crippen LogP contribution in [-0.4, -0.2) is 40.6 Å². The van der Waals surface area contributed by atoms with Gasteiger partial charge in [-0.05, 0) is 18.9 Å². The number of carboxylic acid groups (broad SMARTS) is 2. The Morgan fingerprint density at radius 1 is 1.28 bits per heavy atom. The molecule has 0 bridgehead atoms. The van der Waals surface area contributed by atoms with Crippen LogP contribution in [0, 0.1) is 5.92 Å². The molecule has 7 nitrogen and oxygen atoms in total. The molecule has 2 atom stereocenters. The van der Waals surface area contributed by atoms with Crippen LogP contribution in [0.1, 0.15) is 32.6 Å². The van der Waals surface area contributed by atoms with E-state index in [0.29, 0.717) is 6.54 Å². The first-order valence-electron chi connectivity index (χ1n) is 5.84. The molecule has 7 heteroatoms. The Bertz CT molecular complexity index is 302. The average Bonchev–Trinajstić information content (AvgIpc) is 2.30. The number of carbonyl (C=O) groups is 3. The van der Waals surface area contributed by atoms with Crippen LogP contribution >= 0.6 is 0 Å². The van der Waals surface area contributed by atoms with Gasteiger partial charge in [-0.1, -0.05) is 13.3 Å². The minimum atomic E-state index is -1.23. The van der Waals surface area contributed by atoms with E-state index in [-0.39, 0.29) is 25.2 Å². The van der Waals surface area contributed by atoms with Crippen LogP contribution in [0.3, 0.4) is 0 Å². The molecule has 0 rings (SSSR count). The molecule has 0 aromatic rings. The van der Waals surface area contributed by atoms with Crippen molar-refractivity contribution in [2.45, 2.75) is 38.6 Å². The van der Waals surface area contributed by atoms with Crippen molar-refractivity contribution >= 4 is 17.8 Å². The van der Waals surface area contributed by atoms with Gasteiger partial charge in [0.1, 0.15) is 6.04 Å². The van der Waals surface area contributed by atoms with Crippen molar-refractivity contribution in [3.05, 3.63) is 0 Å². The molecule has 0 aromatic heterocycles. The van der Waals surface area contributed by atoms with Crippen LogP contribution in [0.2, 0.25) is 0 Å². The van der Waals surface area contributed by atoms with E-state index in [1.807, 2.05) is 6.92 Å². The van der Waals surface area contributed by atoms with Gasteiger partial charge in [0.05, 0.1) is 0 Å². The highest BCUT2D eigenvalue weighted by Crippen LogP contribution is 2.07. The fourth-order valence-electron chi connectivity index (χ4n) is 1.43. The van der Waals surface area contributed by atoms with Gasteiger partial charge in [0, 0.05) is 12.8 Å². The van der Waals surface area contributed by atoms with Gasteiger partial charge in [-0.15, -0.1) is 0 Å². The third-order valence-electron chi connectivity index (χ3n) is 2.66. The molecule has 0 heterocycles. The minimum absolute atomic E-state index is 0.0129. The Kier molecular flexibility index (Phi) is 7.69. The van der Waals surface area contributed by atoms with Crippen LogP contribution in [0.15, 0.2) is 0 Å². The van der Waals surface area contributed by atoms with Crippen molar-refractivity contribution in [3.8, 4) is 0 Å². The van der Waals surface area contributed by atoms with Crippen LogP contribution < -0.4 is 11.1 Å². The molecule has 1 amide bonds. The number of aliphatic carboxylic acids is 2. The molecule has 18 heavy (non-hydrogen) atoms. The highest BCUT2D eigenvalue weighted by Gasteiger charge is 2.21. The lowest BCUT2D eigenvalue weighted by molar-refractivity contribution is -0.143. The van der Waals surface area contributed by atoms with E-state index in [2.05, 4.69) is 5.32 Å². The molecule has 0 aliphatic rings. The third kappa shape index (κ3) is 6.85. The first-order chi connectivity index (χ1) is 8.40. The maximum absolute atomic E-state index is 11.6. The second-order valence-electron chi connectivity index (χ2n) is 4.10. The van der Waals surface area contributed by atoms with Crippen molar-refractivity contribution in [2.75, 3.05) is 6.54 Å². The number of amides is 1. The van der Waals surface area contributed by atoms with Gasteiger partial charge < -0.3 is 21.3 Å². The number of rotatable bonds is 9. The zero-order chi connectivity index (χ0) is 14.1. The second kappa shape index (κ2) is 8.46. The summed E-state index contributed by atoms with van der Waals surface area (Å²) >= 11 is 0. The van der Waals surface area contributed by atoms with E-state index >= 15 is 0 Å². The lowest BCUT2D eigenvalue weighted by atomic mass is 10.0. The van der Waals surface area contributed by atoms with Crippen LogP contribution in [-0.2, 0) is 14.4 Å². The van der Waals surface area contributed by atoms with Gasteiger partial charge in [-0.3, -0.25) is 9.59 Å². The molecule has 0 fully saturated rings. The SMILES string of the molecule is CCC(CN)CC(=O)N[C@@H](CCC(=O)O)C(=O)O. The summed E-state index contributed by atoms with van der Waals surface area (Å²) in [6.45, 7) is 2.25. The topological polar surface area (TPSA) is 130 Å². The fraction of sp³-hybridized carbons (Fsp3) is 0.727. The first-order valence-corrected chi connectivity index (χ1v) is 5.84. The number of nitrogens with two attached hydrogens (primary N) is 1. The number of carboxylic acids is 2. The maximum atomic E-state index is 11.6. The molecule has 1 unspecified atom stereocenters. The van der Waals surface area contributed by atoms with Gasteiger partial charge in [0.15, 0.2) is 0 Å². The predicted octanol–water partition coefficient (Wildman–Crippen LogP) is -0.204. The zero-order valence-corrected chi connectivity index (χ0v) is 10.4. The van der Waals surface area contributed by atoms with E-state index < -0.39 is 23.9 Å². The number of nitrogens with one attached hydrogen (secondary N) is 1. The van der Waals surface area contributed by atoms with Crippen molar-refractivity contribution in [2.24, 2.45) is 11.7 Å². The number of carbonyl (C=O) groups excluding carboxylic acids is 1. The molecular formula is C11H20N2O5. The normalized spacial score (nSPS) is 13.7. The van der Waals surface area contributed by atoms with Gasteiger partial charge in [-0.2, -0.15) is 0 Å². The molecule has 0 radical (unpaired) electrons. The molecule has 5 N–H and O–H groups in total. The van der Waals surface area contributed by atoms with Gasteiger partial charge in [-0.25, -0.2) is 4.79 Å². The van der Waals surface area contributed by atoms with Crippen LogP contribution in [0.25, 0.3) is 0 Å². The van der Waals surface area contributed by atoms with E-state index in [1.54, 1.807) is 0 Å². The maximum Gasteiger partial charge on any atom is 0.326 e. The standard InChI is InChI=1S/C11H20N2O5/c1-2-7(6-12)5-9(14)13-8(11(17)18)3-4-10(15)16/h7-8H,2-6,12H2,1H3,(H,13,14)(H,15,16)(H,17,18)/t7?,8-/m0/s1. The summed E-state index contributed by atoms with van der Waals surface area (Å²) < 4.78 is 0. The van der Waals surface area contributed by atoms with E-state index in [4.69, 9.17) is 15.9 Å². The van der Waals surface area contributed by atoms with E-state index in [1.165, 1.54) is 0 Å². The number of hydrogen-bond donors (Lipinski definition) is 4. The fourth-order valence-corrected chi connectivity index (χ4v) is 1.43. The molecule has 104 valence electrons. The van der Waals surface area contributed by atoms with Crippen molar-refractivity contribution in [1.82, 2.24) is 5.32 Å². The monoisotopic (exact) mass is 260 g/mol. The Morgan fingerprint density at radius 2 is 1.89 bits per heavy atom. The first kappa shape index (κ1) is 16.4. The Labute approximate surface area is 105 Å². The molecule has 0 aliphatic heterocycles. The van der Waals surface area contributed by atoms with Crippen molar-refractivity contribution in [3.63, 3.8) is 0 Å². The molecule has 0 saturated heterocycles. The highest BCUT2D eigenvalue weighted by molar-refractivity contribution is 5.84. The Morgan fingerprint density at radius 3 is 2.28 bits per heavy atom. The second-order valence-corrected chi connectivity index (χ2v) is 4.10. The summed E-state index contributed by atoms with van der Waals surface area (Å²) in [5.41, 5.74) is 5.45. The van der Waals surface area contributed by atoms with E-state index in [0.717, 1.165) is 6.42 Å². The summed E-state index contributed by atoms with van der Waals surface area (Å²) in [6.07, 6.45) is 0.460. The zero-order valence-electron chi connectivity index (χ0n) is 10.4. The van der Waals surface area contributed by atoms with Crippen molar-refractivity contribution in [1.29, 1.82) is 0 Å². The molecule has 0 aliphatic carbocycles. The number of hydrogen-bond acceptors (Lipinski definition) is 4. The highest BCUT2D eigenvalue weighted by atomic mass is 16.4. The lowest BCUT2D eigenvalue weighted by Gasteiger charge is -2.16. The van der Waals surface area contributed by atoms with Gasteiger partial charge in [0.2, 0.25) is 5.91 Å². The summed E-state index contributed by atoms with van der Waals surface area (Å²) in [5.74, 6) is -2.72. The summed E-state index contributed by atoms with van der Waals surface area (Å²) in [4.78, 5) is 32.8. The molecular weight excluding hydrogens is 240 g/mol. The largest absolute Gasteiger partial charge is 0.481 e. The average molecular weight is 260 g/mol. The third-order valence-corrected chi connectivity index (χ3v) is 2.66. The Hall–Kier alpha value is -1.63. The molecule has 0 aromatic carbocycles. The lowest BCUT2D eigenvalue weighted by Crippen LogP contribution is -2.42. The van der Waals surface area contributed by atoms with E-state index in [9.17, 15) is 14.4 Å². The minimum Gasteiger partial charge on any atom is -0.481 e.